The molecule has 1 saturated heterocycles. The van der Waals surface area contributed by atoms with E-state index in [-0.39, 0.29) is 18.6 Å². The molecule has 0 radical (unpaired) electrons. The molecule has 0 aromatic rings. The number of carbonyl (C=O) groups is 1. The normalized spacial score (nSPS) is 23.8. The Morgan fingerprint density at radius 2 is 1.90 bits per heavy atom. The van der Waals surface area contributed by atoms with Crippen molar-refractivity contribution in [2.75, 3.05) is 60.0 Å². The molecule has 2 aliphatic rings. The summed E-state index contributed by atoms with van der Waals surface area (Å²) in [6, 6.07) is 0.377. The third-order valence-corrected chi connectivity index (χ3v) is 5.40. The third kappa shape index (κ3) is 9.78. The van der Waals surface area contributed by atoms with E-state index >= 15 is 0 Å². The van der Waals surface area contributed by atoms with Gasteiger partial charge in [0.05, 0.1) is 25.4 Å². The Bertz CT molecular complexity index is 499. The van der Waals surface area contributed by atoms with E-state index in [4.69, 9.17) is 9.47 Å². The number of hydrogen-bond acceptors (Lipinski definition) is 5. The first kappa shape index (κ1) is 23.9. The Morgan fingerprint density at radius 1 is 1.21 bits per heavy atom. The monoisotopic (exact) mass is 411 g/mol. The topological polar surface area (TPSA) is 78.4 Å². The maximum Gasteiger partial charge on any atom is 0.243 e. The zero-order valence-electron chi connectivity index (χ0n) is 18.8. The molecule has 2 rings (SSSR count). The Morgan fingerprint density at radius 3 is 2.52 bits per heavy atom. The Balaban J connectivity index is 1.78. The molecule has 0 aromatic heterocycles. The first-order valence-electron chi connectivity index (χ1n) is 11.1. The molecular formula is C21H41N5O3. The third-order valence-electron chi connectivity index (χ3n) is 5.40. The van der Waals surface area contributed by atoms with Gasteiger partial charge >= 0.3 is 0 Å². The van der Waals surface area contributed by atoms with E-state index in [1.165, 1.54) is 0 Å². The summed E-state index contributed by atoms with van der Waals surface area (Å²) in [7, 11) is 3.52. The van der Waals surface area contributed by atoms with Crippen LogP contribution in [0.25, 0.3) is 0 Å². The van der Waals surface area contributed by atoms with Crippen molar-refractivity contribution in [3.8, 4) is 0 Å². The largest absolute Gasteiger partial charge is 0.379 e. The van der Waals surface area contributed by atoms with Gasteiger partial charge in [-0.2, -0.15) is 0 Å². The van der Waals surface area contributed by atoms with Crippen LogP contribution >= 0.6 is 0 Å². The predicted octanol–water partition coefficient (Wildman–Crippen LogP) is 1.07. The number of nitrogens with zero attached hydrogens (tertiary/aromatic N) is 3. The lowest BCUT2D eigenvalue weighted by Gasteiger charge is -2.31. The van der Waals surface area contributed by atoms with Gasteiger partial charge in [0.2, 0.25) is 5.91 Å². The van der Waals surface area contributed by atoms with Crippen LogP contribution in [0.15, 0.2) is 4.99 Å². The Kier molecular flexibility index (Phi) is 10.7. The highest BCUT2D eigenvalue weighted by Crippen LogP contribution is 2.22. The first-order valence-corrected chi connectivity index (χ1v) is 11.1. The molecule has 0 aromatic carbocycles. The molecule has 1 aliphatic carbocycles. The second kappa shape index (κ2) is 13.0. The van der Waals surface area contributed by atoms with Crippen molar-refractivity contribution in [3.05, 3.63) is 0 Å². The van der Waals surface area contributed by atoms with E-state index in [2.05, 4.69) is 34.4 Å². The molecule has 29 heavy (non-hydrogen) atoms. The fraction of sp³-hybridized carbons (Fsp3) is 0.905. The van der Waals surface area contributed by atoms with Crippen molar-refractivity contribution < 1.29 is 14.3 Å². The number of amides is 1. The summed E-state index contributed by atoms with van der Waals surface area (Å²) >= 11 is 0. The molecule has 2 N–H and O–H groups in total. The number of hydrogen-bond donors (Lipinski definition) is 2. The standard InChI is InChI=1S/C21H41N5O3/c1-17(2)29-19-8-6-18(7-9-19)24-21(23-16-20(27)25(3)4)22-10-5-11-26-12-14-28-15-13-26/h17-19H,5-16H2,1-4H3,(H2,22,23,24). The summed E-state index contributed by atoms with van der Waals surface area (Å²) in [5, 5.41) is 6.96. The highest BCUT2D eigenvalue weighted by molar-refractivity contribution is 5.84. The lowest BCUT2D eigenvalue weighted by Crippen LogP contribution is -2.47. The quantitative estimate of drug-likeness (QED) is 0.336. The SMILES string of the molecule is CC(C)OC1CCC(NC(=NCC(=O)N(C)C)NCCCN2CCOCC2)CC1. The molecule has 8 heteroatoms. The molecule has 0 unspecified atom stereocenters. The van der Waals surface area contributed by atoms with Crippen LogP contribution in [-0.2, 0) is 14.3 Å². The number of rotatable bonds is 9. The van der Waals surface area contributed by atoms with Gasteiger partial charge in [0.15, 0.2) is 5.96 Å². The van der Waals surface area contributed by atoms with E-state index in [1.54, 1.807) is 19.0 Å². The van der Waals surface area contributed by atoms with Crippen molar-refractivity contribution in [3.63, 3.8) is 0 Å². The summed E-state index contributed by atoms with van der Waals surface area (Å²) in [5.74, 6) is 0.754. The molecule has 1 amide bonds. The summed E-state index contributed by atoms with van der Waals surface area (Å²) in [6.07, 6.45) is 5.95. The minimum Gasteiger partial charge on any atom is -0.379 e. The summed E-state index contributed by atoms with van der Waals surface area (Å²) in [5.41, 5.74) is 0. The van der Waals surface area contributed by atoms with Crippen molar-refractivity contribution in [2.45, 2.75) is 64.2 Å². The van der Waals surface area contributed by atoms with Gasteiger partial charge < -0.3 is 25.0 Å². The van der Waals surface area contributed by atoms with Gasteiger partial charge in [0.1, 0.15) is 6.54 Å². The fourth-order valence-electron chi connectivity index (χ4n) is 3.70. The Hall–Kier alpha value is -1.38. The molecule has 0 spiro atoms. The van der Waals surface area contributed by atoms with Crippen LogP contribution in [0.4, 0.5) is 0 Å². The number of nitrogens with one attached hydrogen (secondary N) is 2. The predicted molar refractivity (Wildman–Crippen MR) is 116 cm³/mol. The maximum atomic E-state index is 11.9. The lowest BCUT2D eigenvalue weighted by molar-refractivity contribution is -0.127. The van der Waals surface area contributed by atoms with Crippen LogP contribution in [-0.4, -0.2) is 99.9 Å². The molecule has 0 bridgehead atoms. The lowest BCUT2D eigenvalue weighted by atomic mass is 9.93. The van der Waals surface area contributed by atoms with E-state index in [0.717, 1.165) is 77.5 Å². The zero-order chi connectivity index (χ0) is 21.1. The Labute approximate surface area is 176 Å². The van der Waals surface area contributed by atoms with Crippen LogP contribution in [0, 0.1) is 0 Å². The summed E-state index contributed by atoms with van der Waals surface area (Å²) in [4.78, 5) is 20.5. The van der Waals surface area contributed by atoms with Gasteiger partial charge in [-0.05, 0) is 52.5 Å². The maximum absolute atomic E-state index is 11.9. The van der Waals surface area contributed by atoms with Crippen LogP contribution in [0.1, 0.15) is 46.0 Å². The number of guanidine groups is 1. The van der Waals surface area contributed by atoms with Crippen LogP contribution < -0.4 is 10.6 Å². The van der Waals surface area contributed by atoms with Crippen LogP contribution in [0.5, 0.6) is 0 Å². The first-order chi connectivity index (χ1) is 13.9. The van der Waals surface area contributed by atoms with Gasteiger partial charge in [-0.25, -0.2) is 4.99 Å². The summed E-state index contributed by atoms with van der Waals surface area (Å²) in [6.45, 7) is 9.93. The average Bonchev–Trinajstić information content (AvgIpc) is 2.70. The van der Waals surface area contributed by atoms with Crippen molar-refractivity contribution >= 4 is 11.9 Å². The van der Waals surface area contributed by atoms with E-state index in [1.807, 2.05) is 0 Å². The van der Waals surface area contributed by atoms with Gasteiger partial charge in [0.25, 0.3) is 0 Å². The molecule has 8 nitrogen and oxygen atoms in total. The molecular weight excluding hydrogens is 370 g/mol. The molecule has 0 atom stereocenters. The molecule has 168 valence electrons. The van der Waals surface area contributed by atoms with E-state index in [9.17, 15) is 4.79 Å². The molecule has 1 aliphatic heterocycles. The summed E-state index contributed by atoms with van der Waals surface area (Å²) < 4.78 is 11.3. The van der Waals surface area contributed by atoms with Gasteiger partial charge in [0, 0.05) is 39.8 Å². The minimum absolute atomic E-state index is 0.00783. The average molecular weight is 412 g/mol. The molecule has 2 fully saturated rings. The number of morpholine rings is 1. The van der Waals surface area contributed by atoms with Crippen LogP contribution in [0.2, 0.25) is 0 Å². The highest BCUT2D eigenvalue weighted by atomic mass is 16.5. The zero-order valence-corrected chi connectivity index (χ0v) is 18.8. The van der Waals surface area contributed by atoms with Gasteiger partial charge in [-0.3, -0.25) is 9.69 Å². The van der Waals surface area contributed by atoms with E-state index < -0.39 is 0 Å². The second-order valence-corrected chi connectivity index (χ2v) is 8.49. The van der Waals surface area contributed by atoms with Gasteiger partial charge in [-0.1, -0.05) is 0 Å². The van der Waals surface area contributed by atoms with Crippen molar-refractivity contribution in [2.24, 2.45) is 4.99 Å². The highest BCUT2D eigenvalue weighted by Gasteiger charge is 2.23. The second-order valence-electron chi connectivity index (χ2n) is 8.49. The van der Waals surface area contributed by atoms with Gasteiger partial charge in [-0.15, -0.1) is 0 Å². The number of carbonyl (C=O) groups excluding carboxylic acids is 1. The van der Waals surface area contributed by atoms with Crippen molar-refractivity contribution in [1.82, 2.24) is 20.4 Å². The number of ether oxygens (including phenoxy) is 2. The molecule has 1 heterocycles. The fourth-order valence-corrected chi connectivity index (χ4v) is 3.70. The minimum atomic E-state index is 0.00783. The van der Waals surface area contributed by atoms with E-state index in [0.29, 0.717) is 12.1 Å². The number of likely N-dealkylation sites (N-methyl/N-ethyl adjacent to an activating group) is 1. The van der Waals surface area contributed by atoms with Crippen LogP contribution in [0.3, 0.4) is 0 Å². The van der Waals surface area contributed by atoms with Crippen molar-refractivity contribution in [1.29, 1.82) is 0 Å². The molecule has 1 saturated carbocycles. The number of aliphatic imine (C=N–C) groups is 1. The smallest absolute Gasteiger partial charge is 0.243 e.